The predicted octanol–water partition coefficient (Wildman–Crippen LogP) is 4.36. The summed E-state index contributed by atoms with van der Waals surface area (Å²) in [5.74, 6) is -2.04. The smallest absolute Gasteiger partial charge is 0.414 e. The van der Waals surface area contributed by atoms with Crippen molar-refractivity contribution in [2.45, 2.75) is 31.7 Å². The monoisotopic (exact) mass is 475 g/mol. The average molecular weight is 476 g/mol. The third kappa shape index (κ3) is 4.14. The van der Waals surface area contributed by atoms with Crippen LogP contribution in [0.1, 0.15) is 47.3 Å². The first kappa shape index (κ1) is 22.6. The van der Waals surface area contributed by atoms with Gasteiger partial charge in [0.1, 0.15) is 6.61 Å². The van der Waals surface area contributed by atoms with Crippen molar-refractivity contribution in [1.29, 1.82) is 0 Å². The van der Waals surface area contributed by atoms with Gasteiger partial charge in [-0.15, -0.1) is 0 Å². The van der Waals surface area contributed by atoms with Crippen molar-refractivity contribution in [3.63, 3.8) is 0 Å². The Hall–Kier alpha value is -4.14. The molecule has 3 aromatic rings. The predicted molar refractivity (Wildman–Crippen MR) is 126 cm³/mol. The van der Waals surface area contributed by atoms with E-state index in [2.05, 4.69) is 22.6 Å². The number of amides is 2. The Morgan fingerprint density at radius 1 is 1.11 bits per heavy atom. The van der Waals surface area contributed by atoms with Crippen LogP contribution in [0, 0.1) is 5.92 Å². The van der Waals surface area contributed by atoms with Gasteiger partial charge >= 0.3 is 12.1 Å². The van der Waals surface area contributed by atoms with Crippen LogP contribution in [0.4, 0.5) is 10.7 Å². The van der Waals surface area contributed by atoms with Crippen LogP contribution in [-0.4, -0.2) is 52.3 Å². The molecule has 180 valence electrons. The maximum absolute atomic E-state index is 12.9. The van der Waals surface area contributed by atoms with E-state index >= 15 is 0 Å². The number of carbonyl (C=O) groups is 3. The molecule has 1 aliphatic heterocycles. The summed E-state index contributed by atoms with van der Waals surface area (Å²) in [7, 11) is 0. The number of hydrogen-bond donors (Lipinski definition) is 2. The lowest BCUT2D eigenvalue weighted by molar-refractivity contribution is -0.142. The van der Waals surface area contributed by atoms with Gasteiger partial charge in [0.15, 0.2) is 5.69 Å². The van der Waals surface area contributed by atoms with E-state index in [1.807, 2.05) is 43.3 Å². The van der Waals surface area contributed by atoms with Crippen LogP contribution >= 0.6 is 0 Å². The molecule has 0 radical (unpaired) electrons. The Labute approximate surface area is 201 Å². The number of carbonyl (C=O) groups excluding carboxylic acids is 2. The maximum atomic E-state index is 12.9. The van der Waals surface area contributed by atoms with Crippen LogP contribution in [-0.2, 0) is 9.53 Å². The van der Waals surface area contributed by atoms with Gasteiger partial charge in [-0.2, -0.15) is 0 Å². The SMILES string of the molecule is CCC1C(C(=O)O)CCN1C(=O)c1cc(NC(=O)OCC2c3ccccc3-c3ccccc32)on1. The molecule has 0 saturated carbocycles. The summed E-state index contributed by atoms with van der Waals surface area (Å²) in [6.07, 6.45) is 0.189. The van der Waals surface area contributed by atoms with Crippen molar-refractivity contribution in [3.8, 4) is 11.1 Å². The van der Waals surface area contributed by atoms with Gasteiger partial charge in [0.2, 0.25) is 5.88 Å². The number of likely N-dealkylation sites (tertiary alicyclic amines) is 1. The first-order valence-electron chi connectivity index (χ1n) is 11.6. The third-order valence-corrected chi connectivity index (χ3v) is 6.84. The van der Waals surface area contributed by atoms with Crippen LogP contribution in [0.15, 0.2) is 59.1 Å². The lowest BCUT2D eigenvalue weighted by atomic mass is 9.98. The fourth-order valence-corrected chi connectivity index (χ4v) is 5.22. The minimum atomic E-state index is -0.912. The van der Waals surface area contributed by atoms with Gasteiger partial charge in [-0.05, 0) is 35.1 Å². The summed E-state index contributed by atoms with van der Waals surface area (Å²) in [4.78, 5) is 38.3. The Morgan fingerprint density at radius 2 is 1.77 bits per heavy atom. The van der Waals surface area contributed by atoms with Gasteiger partial charge in [-0.3, -0.25) is 14.9 Å². The molecule has 2 heterocycles. The summed E-state index contributed by atoms with van der Waals surface area (Å²) < 4.78 is 10.6. The number of fused-ring (bicyclic) bond motifs is 3. The lowest BCUT2D eigenvalue weighted by Crippen LogP contribution is -2.39. The molecule has 2 N–H and O–H groups in total. The second-order valence-corrected chi connectivity index (χ2v) is 8.73. The van der Waals surface area contributed by atoms with E-state index < -0.39 is 29.9 Å². The van der Waals surface area contributed by atoms with Gasteiger partial charge < -0.3 is 19.3 Å². The number of aliphatic carboxylic acids is 1. The van der Waals surface area contributed by atoms with Crippen LogP contribution in [0.3, 0.4) is 0 Å². The molecule has 0 bridgehead atoms. The highest BCUT2D eigenvalue weighted by Gasteiger charge is 2.41. The maximum Gasteiger partial charge on any atom is 0.414 e. The first-order valence-corrected chi connectivity index (χ1v) is 11.6. The summed E-state index contributed by atoms with van der Waals surface area (Å²) in [5, 5.41) is 15.6. The molecule has 1 fully saturated rings. The zero-order valence-corrected chi connectivity index (χ0v) is 19.1. The van der Waals surface area contributed by atoms with Gasteiger partial charge in [0, 0.05) is 24.6 Å². The highest BCUT2D eigenvalue weighted by molar-refractivity contribution is 5.94. The summed E-state index contributed by atoms with van der Waals surface area (Å²) >= 11 is 0. The second kappa shape index (κ2) is 9.25. The highest BCUT2D eigenvalue weighted by atomic mass is 16.6. The van der Waals surface area contributed by atoms with Crippen molar-refractivity contribution in [1.82, 2.24) is 10.1 Å². The zero-order chi connectivity index (χ0) is 24.5. The number of carboxylic acids is 1. The van der Waals surface area contributed by atoms with Gasteiger partial charge in [0.25, 0.3) is 5.91 Å². The molecule has 2 unspecified atom stereocenters. The molecular formula is C26H25N3O6. The Balaban J connectivity index is 1.22. The summed E-state index contributed by atoms with van der Waals surface area (Å²) in [6, 6.07) is 17.0. The van der Waals surface area contributed by atoms with E-state index in [9.17, 15) is 19.5 Å². The molecule has 2 atom stereocenters. The lowest BCUT2D eigenvalue weighted by Gasteiger charge is -2.24. The van der Waals surface area contributed by atoms with Crippen molar-refractivity contribution in [2.75, 3.05) is 18.5 Å². The summed E-state index contributed by atoms with van der Waals surface area (Å²) in [6.45, 7) is 2.32. The van der Waals surface area contributed by atoms with Crippen molar-refractivity contribution >= 4 is 23.9 Å². The third-order valence-electron chi connectivity index (χ3n) is 6.84. The number of ether oxygens (including phenoxy) is 1. The van der Waals surface area contributed by atoms with Crippen LogP contribution in [0.5, 0.6) is 0 Å². The summed E-state index contributed by atoms with van der Waals surface area (Å²) in [5.41, 5.74) is 4.47. The molecule has 2 amide bonds. The minimum Gasteiger partial charge on any atom is -0.481 e. The number of nitrogens with one attached hydrogen (secondary N) is 1. The quantitative estimate of drug-likeness (QED) is 0.543. The van der Waals surface area contributed by atoms with E-state index in [4.69, 9.17) is 9.26 Å². The van der Waals surface area contributed by atoms with E-state index in [0.29, 0.717) is 19.4 Å². The number of carboxylic acid groups (broad SMARTS) is 1. The normalized spacial score (nSPS) is 18.7. The van der Waals surface area contributed by atoms with Crippen molar-refractivity contribution < 1.29 is 28.8 Å². The molecule has 9 heteroatoms. The zero-order valence-electron chi connectivity index (χ0n) is 19.1. The standard InChI is InChI=1S/C26H25N3O6/c1-2-22-19(25(31)32)11-12-29(22)24(30)21-13-23(35-28-21)27-26(33)34-14-20-17-9-5-3-7-15(17)16-8-4-6-10-18(16)20/h3-10,13,19-20,22H,2,11-12,14H2,1H3,(H,27,33)(H,31,32). The van der Waals surface area contributed by atoms with E-state index in [1.54, 1.807) is 0 Å². The fraction of sp³-hybridized carbons (Fsp3) is 0.308. The van der Waals surface area contributed by atoms with Crippen LogP contribution in [0.2, 0.25) is 0 Å². The Kier molecular flexibility index (Phi) is 5.98. The molecule has 5 rings (SSSR count). The van der Waals surface area contributed by atoms with Gasteiger partial charge in [-0.25, -0.2) is 4.79 Å². The van der Waals surface area contributed by atoms with E-state index in [0.717, 1.165) is 22.3 Å². The van der Waals surface area contributed by atoms with E-state index in [-0.39, 0.29) is 24.1 Å². The number of nitrogens with zero attached hydrogens (tertiary/aromatic N) is 2. The van der Waals surface area contributed by atoms with Crippen LogP contribution < -0.4 is 5.32 Å². The second-order valence-electron chi connectivity index (χ2n) is 8.73. The van der Waals surface area contributed by atoms with E-state index in [1.165, 1.54) is 11.0 Å². The average Bonchev–Trinajstić information content (AvgIpc) is 3.58. The molecule has 0 spiro atoms. The number of aromatic nitrogens is 1. The molecule has 9 nitrogen and oxygen atoms in total. The van der Waals surface area contributed by atoms with Crippen LogP contribution in [0.25, 0.3) is 11.1 Å². The van der Waals surface area contributed by atoms with Crippen molar-refractivity contribution in [3.05, 3.63) is 71.4 Å². The highest BCUT2D eigenvalue weighted by Crippen LogP contribution is 2.44. The minimum absolute atomic E-state index is 0.00318. The largest absolute Gasteiger partial charge is 0.481 e. The Bertz CT molecular complexity index is 1240. The topological polar surface area (TPSA) is 122 Å². The van der Waals surface area contributed by atoms with Gasteiger partial charge in [-0.1, -0.05) is 60.6 Å². The number of rotatable bonds is 6. The number of hydrogen-bond acceptors (Lipinski definition) is 6. The molecular weight excluding hydrogens is 450 g/mol. The first-order chi connectivity index (χ1) is 17.0. The Morgan fingerprint density at radius 3 is 2.40 bits per heavy atom. The number of benzene rings is 2. The molecule has 2 aliphatic rings. The molecule has 1 aromatic heterocycles. The molecule has 1 aliphatic carbocycles. The fourth-order valence-electron chi connectivity index (χ4n) is 5.22. The van der Waals surface area contributed by atoms with Crippen molar-refractivity contribution in [2.24, 2.45) is 5.92 Å². The van der Waals surface area contributed by atoms with Gasteiger partial charge in [0.05, 0.1) is 5.92 Å². The molecule has 1 saturated heterocycles. The number of anilines is 1. The molecule has 2 aromatic carbocycles. The molecule has 35 heavy (non-hydrogen) atoms.